The van der Waals surface area contributed by atoms with E-state index in [4.69, 9.17) is 16.3 Å². The molecule has 114 valence electrons. The molecule has 1 aromatic carbocycles. The van der Waals surface area contributed by atoms with Crippen LogP contribution >= 0.6 is 11.6 Å². The van der Waals surface area contributed by atoms with Crippen LogP contribution in [0.4, 0.5) is 14.9 Å². The number of ether oxygens (including phenoxy) is 1. The van der Waals surface area contributed by atoms with Gasteiger partial charge in [0.05, 0.1) is 12.2 Å². The number of benzene rings is 1. The Labute approximate surface area is 132 Å². The highest BCUT2D eigenvalue weighted by atomic mass is 35.5. The topological polar surface area (TPSA) is 42.4 Å². The Morgan fingerprint density at radius 2 is 2.23 bits per heavy atom. The SMILES string of the molecule is CCC1CN(c2ccc(-c3ccnc(Cl)c3)c(F)c2)C(=O)O1. The summed E-state index contributed by atoms with van der Waals surface area (Å²) in [5.41, 5.74) is 1.54. The number of halogens is 2. The first-order valence-corrected chi connectivity index (χ1v) is 7.36. The first kappa shape index (κ1) is 14.8. The maximum absolute atomic E-state index is 14.4. The number of carbonyl (C=O) groups is 1. The van der Waals surface area contributed by atoms with E-state index in [1.54, 1.807) is 24.3 Å². The minimum Gasteiger partial charge on any atom is -0.444 e. The summed E-state index contributed by atoms with van der Waals surface area (Å²) in [6, 6.07) is 7.94. The van der Waals surface area contributed by atoms with E-state index in [-0.39, 0.29) is 6.10 Å². The van der Waals surface area contributed by atoms with Crippen LogP contribution in [0.3, 0.4) is 0 Å². The molecule has 1 aliphatic heterocycles. The minimum absolute atomic E-state index is 0.144. The largest absolute Gasteiger partial charge is 0.444 e. The van der Waals surface area contributed by atoms with Crippen LogP contribution < -0.4 is 4.90 Å². The average Bonchev–Trinajstić information content (AvgIpc) is 2.88. The van der Waals surface area contributed by atoms with Crippen molar-refractivity contribution in [3.8, 4) is 11.1 Å². The second-order valence-corrected chi connectivity index (χ2v) is 5.44. The molecule has 3 rings (SSSR count). The third kappa shape index (κ3) is 2.76. The van der Waals surface area contributed by atoms with Gasteiger partial charge in [-0.2, -0.15) is 0 Å². The summed E-state index contributed by atoms with van der Waals surface area (Å²) >= 11 is 5.83. The predicted molar refractivity (Wildman–Crippen MR) is 82.5 cm³/mol. The van der Waals surface area contributed by atoms with Gasteiger partial charge in [-0.1, -0.05) is 18.5 Å². The van der Waals surface area contributed by atoms with Crippen LogP contribution in [0, 0.1) is 5.82 Å². The lowest BCUT2D eigenvalue weighted by Gasteiger charge is -2.14. The number of anilines is 1. The van der Waals surface area contributed by atoms with E-state index in [0.29, 0.717) is 28.5 Å². The lowest BCUT2D eigenvalue weighted by molar-refractivity contribution is 0.139. The number of hydrogen-bond donors (Lipinski definition) is 0. The Morgan fingerprint density at radius 3 is 2.86 bits per heavy atom. The molecule has 1 saturated heterocycles. The van der Waals surface area contributed by atoms with Gasteiger partial charge in [-0.05, 0) is 42.3 Å². The number of cyclic esters (lactones) is 1. The zero-order chi connectivity index (χ0) is 15.7. The van der Waals surface area contributed by atoms with E-state index in [2.05, 4.69) is 4.98 Å². The quantitative estimate of drug-likeness (QED) is 0.793. The van der Waals surface area contributed by atoms with E-state index >= 15 is 0 Å². The van der Waals surface area contributed by atoms with Gasteiger partial charge in [0, 0.05) is 11.8 Å². The number of nitrogens with zero attached hydrogens (tertiary/aromatic N) is 2. The van der Waals surface area contributed by atoms with Gasteiger partial charge in [-0.15, -0.1) is 0 Å². The average molecular weight is 321 g/mol. The molecule has 0 spiro atoms. The van der Waals surface area contributed by atoms with Crippen molar-refractivity contribution in [2.75, 3.05) is 11.4 Å². The van der Waals surface area contributed by atoms with Crippen LogP contribution in [0.5, 0.6) is 0 Å². The Morgan fingerprint density at radius 1 is 1.41 bits per heavy atom. The minimum atomic E-state index is -0.439. The molecule has 0 N–H and O–H groups in total. The Bertz CT molecular complexity index is 723. The summed E-state index contributed by atoms with van der Waals surface area (Å²) in [6.07, 6.45) is 1.67. The second-order valence-electron chi connectivity index (χ2n) is 5.06. The lowest BCUT2D eigenvalue weighted by atomic mass is 10.1. The maximum atomic E-state index is 14.4. The van der Waals surface area contributed by atoms with Gasteiger partial charge < -0.3 is 4.74 Å². The molecule has 0 bridgehead atoms. The molecule has 0 radical (unpaired) electrons. The monoisotopic (exact) mass is 320 g/mol. The Hall–Kier alpha value is -2.14. The van der Waals surface area contributed by atoms with Crippen LogP contribution in [-0.4, -0.2) is 23.7 Å². The van der Waals surface area contributed by atoms with Gasteiger partial charge in [0.25, 0.3) is 0 Å². The summed E-state index contributed by atoms with van der Waals surface area (Å²) < 4.78 is 19.6. The van der Waals surface area contributed by atoms with Gasteiger partial charge in [0.2, 0.25) is 0 Å². The lowest BCUT2D eigenvalue weighted by Crippen LogP contribution is -2.24. The van der Waals surface area contributed by atoms with Crippen molar-refractivity contribution in [2.24, 2.45) is 0 Å². The van der Waals surface area contributed by atoms with Crippen LogP contribution in [0.2, 0.25) is 5.15 Å². The number of aromatic nitrogens is 1. The Balaban J connectivity index is 1.91. The number of pyridine rings is 1. The zero-order valence-electron chi connectivity index (χ0n) is 11.9. The first-order chi connectivity index (χ1) is 10.6. The van der Waals surface area contributed by atoms with Crippen LogP contribution in [0.25, 0.3) is 11.1 Å². The van der Waals surface area contributed by atoms with E-state index in [1.807, 2.05) is 6.92 Å². The van der Waals surface area contributed by atoms with E-state index in [0.717, 1.165) is 6.42 Å². The van der Waals surface area contributed by atoms with Gasteiger partial charge in [-0.25, -0.2) is 14.2 Å². The molecule has 1 aliphatic rings. The Kier molecular flexibility index (Phi) is 3.98. The summed E-state index contributed by atoms with van der Waals surface area (Å²) in [7, 11) is 0. The first-order valence-electron chi connectivity index (χ1n) is 6.98. The highest BCUT2D eigenvalue weighted by Crippen LogP contribution is 2.30. The third-order valence-corrected chi connectivity index (χ3v) is 3.84. The fraction of sp³-hybridized carbons (Fsp3) is 0.250. The van der Waals surface area contributed by atoms with E-state index in [1.165, 1.54) is 17.2 Å². The summed E-state index contributed by atoms with van der Waals surface area (Å²) in [4.78, 5) is 17.1. The normalized spacial score (nSPS) is 17.7. The van der Waals surface area contributed by atoms with E-state index < -0.39 is 11.9 Å². The molecule has 4 nitrogen and oxygen atoms in total. The molecular formula is C16H14ClFN2O2. The molecule has 2 aromatic rings. The van der Waals surface area contributed by atoms with Crippen molar-refractivity contribution in [1.82, 2.24) is 4.98 Å². The zero-order valence-corrected chi connectivity index (χ0v) is 12.7. The number of carbonyl (C=O) groups excluding carboxylic acids is 1. The summed E-state index contributed by atoms with van der Waals surface area (Å²) in [6.45, 7) is 2.38. The number of rotatable bonds is 3. The smallest absolute Gasteiger partial charge is 0.414 e. The fourth-order valence-electron chi connectivity index (χ4n) is 2.42. The third-order valence-electron chi connectivity index (χ3n) is 3.63. The molecule has 1 atom stereocenters. The maximum Gasteiger partial charge on any atom is 0.414 e. The molecule has 1 amide bonds. The molecule has 1 aromatic heterocycles. The molecule has 0 aliphatic carbocycles. The highest BCUT2D eigenvalue weighted by molar-refractivity contribution is 6.29. The van der Waals surface area contributed by atoms with Gasteiger partial charge in [0.15, 0.2) is 0 Å². The molecule has 1 fully saturated rings. The molecule has 1 unspecified atom stereocenters. The van der Waals surface area contributed by atoms with Crippen molar-refractivity contribution in [1.29, 1.82) is 0 Å². The molecule has 22 heavy (non-hydrogen) atoms. The van der Waals surface area contributed by atoms with Gasteiger partial charge in [0.1, 0.15) is 17.1 Å². The second kappa shape index (κ2) is 5.93. The van der Waals surface area contributed by atoms with Crippen LogP contribution in [-0.2, 0) is 4.74 Å². The van der Waals surface area contributed by atoms with Crippen LogP contribution in [0.1, 0.15) is 13.3 Å². The summed E-state index contributed by atoms with van der Waals surface area (Å²) in [5, 5.41) is 0.301. The summed E-state index contributed by atoms with van der Waals surface area (Å²) in [5.74, 6) is -0.424. The molecule has 2 heterocycles. The predicted octanol–water partition coefficient (Wildman–Crippen LogP) is 4.28. The number of amides is 1. The highest BCUT2D eigenvalue weighted by Gasteiger charge is 2.31. The van der Waals surface area contributed by atoms with Gasteiger partial charge in [-0.3, -0.25) is 4.90 Å². The van der Waals surface area contributed by atoms with Crippen molar-refractivity contribution < 1.29 is 13.9 Å². The van der Waals surface area contributed by atoms with Crippen molar-refractivity contribution in [2.45, 2.75) is 19.4 Å². The van der Waals surface area contributed by atoms with Crippen LogP contribution in [0.15, 0.2) is 36.5 Å². The standard InChI is InChI=1S/C16H14ClFN2O2/c1-2-12-9-20(16(21)22-12)11-3-4-13(14(18)8-11)10-5-6-19-15(17)7-10/h3-8,12H,2,9H2,1H3. The number of hydrogen-bond acceptors (Lipinski definition) is 3. The fourth-order valence-corrected chi connectivity index (χ4v) is 2.59. The molecule has 0 saturated carbocycles. The van der Waals surface area contributed by atoms with Crippen molar-refractivity contribution >= 4 is 23.4 Å². The van der Waals surface area contributed by atoms with Crippen molar-refractivity contribution in [3.05, 3.63) is 47.5 Å². The van der Waals surface area contributed by atoms with E-state index in [9.17, 15) is 9.18 Å². The van der Waals surface area contributed by atoms with Gasteiger partial charge >= 0.3 is 6.09 Å². The van der Waals surface area contributed by atoms with Crippen molar-refractivity contribution in [3.63, 3.8) is 0 Å². The molecular weight excluding hydrogens is 307 g/mol. The molecule has 6 heteroatoms.